The molecule has 0 radical (unpaired) electrons. The van der Waals surface area contributed by atoms with Crippen LogP contribution in [0.15, 0.2) is 52.7 Å². The summed E-state index contributed by atoms with van der Waals surface area (Å²) in [5.74, 6) is -1.89. The van der Waals surface area contributed by atoms with Crippen LogP contribution < -0.4 is 9.46 Å². The van der Waals surface area contributed by atoms with Gasteiger partial charge in [0.05, 0.1) is 23.3 Å². The van der Waals surface area contributed by atoms with E-state index in [1.54, 1.807) is 36.8 Å². The second kappa shape index (κ2) is 7.33. The summed E-state index contributed by atoms with van der Waals surface area (Å²) in [6, 6.07) is 9.62. The zero-order valence-corrected chi connectivity index (χ0v) is 15.5. The predicted octanol–water partition coefficient (Wildman–Crippen LogP) is 3.46. The molecule has 140 valence electrons. The minimum Gasteiger partial charge on any atom is -0.497 e. The summed E-state index contributed by atoms with van der Waals surface area (Å²) >= 11 is 1.07. The van der Waals surface area contributed by atoms with Gasteiger partial charge < -0.3 is 9.84 Å². The summed E-state index contributed by atoms with van der Waals surface area (Å²) in [5.41, 5.74) is 0.606. The number of carbonyl (C=O) groups is 1. The lowest BCUT2D eigenvalue weighted by atomic mass is 10.2. The van der Waals surface area contributed by atoms with Gasteiger partial charge in [-0.3, -0.25) is 4.72 Å². The number of halogens is 1. The maximum Gasteiger partial charge on any atom is 0.338 e. The number of methoxy groups -OCH3 is 1. The van der Waals surface area contributed by atoms with Crippen LogP contribution in [0.2, 0.25) is 0 Å². The largest absolute Gasteiger partial charge is 0.497 e. The number of thiazole rings is 1. The van der Waals surface area contributed by atoms with Crippen molar-refractivity contribution in [1.29, 1.82) is 0 Å². The maximum absolute atomic E-state index is 13.5. The van der Waals surface area contributed by atoms with Crippen LogP contribution in [-0.2, 0) is 10.0 Å². The average molecular weight is 408 g/mol. The fourth-order valence-corrected chi connectivity index (χ4v) is 4.22. The van der Waals surface area contributed by atoms with Crippen molar-refractivity contribution in [2.45, 2.75) is 4.90 Å². The highest BCUT2D eigenvalue weighted by Gasteiger charge is 2.20. The molecule has 27 heavy (non-hydrogen) atoms. The van der Waals surface area contributed by atoms with Gasteiger partial charge in [-0.2, -0.15) is 0 Å². The maximum atomic E-state index is 13.5. The Kier molecular flexibility index (Phi) is 5.10. The molecule has 0 aliphatic carbocycles. The number of ether oxygens (including phenoxy) is 1. The molecular formula is C17H13FN2O5S2. The van der Waals surface area contributed by atoms with Crippen molar-refractivity contribution in [1.82, 2.24) is 4.98 Å². The number of sulfonamides is 1. The number of nitrogens with one attached hydrogen (secondary N) is 1. The first kappa shape index (κ1) is 18.8. The summed E-state index contributed by atoms with van der Waals surface area (Å²) in [6.07, 6.45) is 0. The van der Waals surface area contributed by atoms with E-state index in [0.29, 0.717) is 11.4 Å². The van der Waals surface area contributed by atoms with Gasteiger partial charge in [0.25, 0.3) is 10.0 Å². The van der Waals surface area contributed by atoms with Crippen LogP contribution in [-0.4, -0.2) is 31.6 Å². The van der Waals surface area contributed by atoms with Crippen molar-refractivity contribution >= 4 is 32.5 Å². The average Bonchev–Trinajstić information content (AvgIpc) is 3.09. The van der Waals surface area contributed by atoms with E-state index in [-0.39, 0.29) is 10.0 Å². The number of aromatic nitrogens is 1. The number of benzene rings is 2. The Morgan fingerprint density at radius 3 is 2.56 bits per heavy atom. The van der Waals surface area contributed by atoms with Crippen molar-refractivity contribution < 1.29 is 27.4 Å². The summed E-state index contributed by atoms with van der Waals surface area (Å²) in [4.78, 5) is 14.8. The molecule has 0 spiro atoms. The van der Waals surface area contributed by atoms with Gasteiger partial charge >= 0.3 is 5.97 Å². The smallest absolute Gasteiger partial charge is 0.338 e. The van der Waals surface area contributed by atoms with E-state index in [9.17, 15) is 17.6 Å². The van der Waals surface area contributed by atoms with E-state index in [1.165, 1.54) is 0 Å². The number of carboxylic acid groups (broad SMARTS) is 1. The van der Waals surface area contributed by atoms with E-state index in [1.807, 2.05) is 0 Å². The normalized spacial score (nSPS) is 11.2. The Bertz CT molecular complexity index is 1090. The predicted molar refractivity (Wildman–Crippen MR) is 98.3 cm³/mol. The van der Waals surface area contributed by atoms with Gasteiger partial charge in [-0.1, -0.05) is 0 Å². The van der Waals surface area contributed by atoms with Gasteiger partial charge in [0.1, 0.15) is 11.6 Å². The van der Waals surface area contributed by atoms with Crippen LogP contribution >= 0.6 is 11.3 Å². The molecule has 3 aromatic rings. The topological polar surface area (TPSA) is 106 Å². The second-order valence-corrected chi connectivity index (χ2v) is 7.86. The van der Waals surface area contributed by atoms with Crippen LogP contribution in [0, 0.1) is 5.82 Å². The van der Waals surface area contributed by atoms with E-state index in [4.69, 9.17) is 9.84 Å². The molecular weight excluding hydrogens is 395 g/mol. The van der Waals surface area contributed by atoms with Crippen LogP contribution in [0.5, 0.6) is 5.75 Å². The Morgan fingerprint density at radius 2 is 1.93 bits per heavy atom. The molecule has 3 rings (SSSR count). The third-order valence-corrected chi connectivity index (χ3v) is 5.81. The number of anilines is 1. The van der Waals surface area contributed by atoms with Crippen molar-refractivity contribution in [3.05, 3.63) is 59.2 Å². The SMILES string of the molecule is COc1ccc(-c2csc(NS(=O)(=O)c3ccc(F)c(C(=O)O)c3)n2)cc1. The molecule has 7 nitrogen and oxygen atoms in total. The minimum atomic E-state index is -4.12. The fourth-order valence-electron chi connectivity index (χ4n) is 2.22. The number of hydrogen-bond donors (Lipinski definition) is 2. The van der Waals surface area contributed by atoms with Crippen LogP contribution in [0.1, 0.15) is 10.4 Å². The van der Waals surface area contributed by atoms with Crippen molar-refractivity contribution in [2.24, 2.45) is 0 Å². The first-order valence-electron chi connectivity index (χ1n) is 7.46. The Labute approximate surface area is 158 Å². The number of nitrogens with zero attached hydrogens (tertiary/aromatic N) is 1. The van der Waals surface area contributed by atoms with Crippen molar-refractivity contribution in [2.75, 3.05) is 11.8 Å². The standard InChI is InChI=1S/C17H13FN2O5S2/c1-25-11-4-2-10(3-5-11)15-9-26-17(19-15)20-27(23,24)12-6-7-14(18)13(8-12)16(21)22/h2-9H,1H3,(H,19,20)(H,21,22). The lowest BCUT2D eigenvalue weighted by Gasteiger charge is -2.06. The number of aromatic carboxylic acids is 1. The molecule has 1 aromatic heterocycles. The van der Waals surface area contributed by atoms with Gasteiger partial charge in [-0.15, -0.1) is 11.3 Å². The quantitative estimate of drug-likeness (QED) is 0.647. The Balaban J connectivity index is 1.85. The van der Waals surface area contributed by atoms with Crippen LogP contribution in [0.3, 0.4) is 0 Å². The summed E-state index contributed by atoms with van der Waals surface area (Å²) in [5, 5.41) is 10.7. The van der Waals surface area contributed by atoms with Crippen molar-refractivity contribution in [3.8, 4) is 17.0 Å². The third-order valence-electron chi connectivity index (χ3n) is 3.59. The highest BCUT2D eigenvalue weighted by atomic mass is 32.2. The van der Waals surface area contributed by atoms with Crippen LogP contribution in [0.4, 0.5) is 9.52 Å². The van der Waals surface area contributed by atoms with Gasteiger partial charge in [-0.05, 0) is 42.5 Å². The number of carboxylic acids is 1. The number of hydrogen-bond acceptors (Lipinski definition) is 6. The van der Waals surface area contributed by atoms with E-state index in [2.05, 4.69) is 9.71 Å². The molecule has 10 heteroatoms. The molecule has 0 atom stereocenters. The minimum absolute atomic E-state index is 0.0991. The van der Waals surface area contributed by atoms with E-state index >= 15 is 0 Å². The molecule has 0 fully saturated rings. The first-order valence-corrected chi connectivity index (χ1v) is 9.82. The molecule has 0 bridgehead atoms. The second-order valence-electron chi connectivity index (χ2n) is 5.32. The monoisotopic (exact) mass is 408 g/mol. The Hall–Kier alpha value is -2.98. The van der Waals surface area contributed by atoms with Crippen molar-refractivity contribution in [3.63, 3.8) is 0 Å². The molecule has 0 amide bonds. The van der Waals surface area contributed by atoms with Gasteiger partial charge in [-0.25, -0.2) is 22.6 Å². The lowest BCUT2D eigenvalue weighted by molar-refractivity contribution is 0.0691. The zero-order valence-electron chi connectivity index (χ0n) is 13.8. The van der Waals surface area contributed by atoms with Gasteiger partial charge in [0.15, 0.2) is 5.13 Å². The van der Waals surface area contributed by atoms with E-state index in [0.717, 1.165) is 35.1 Å². The molecule has 0 saturated carbocycles. The Morgan fingerprint density at radius 1 is 1.22 bits per heavy atom. The van der Waals surface area contributed by atoms with Crippen LogP contribution in [0.25, 0.3) is 11.3 Å². The molecule has 1 heterocycles. The third kappa shape index (κ3) is 4.07. The molecule has 2 N–H and O–H groups in total. The summed E-state index contributed by atoms with van der Waals surface area (Å²) in [6.45, 7) is 0. The lowest BCUT2D eigenvalue weighted by Crippen LogP contribution is -2.14. The zero-order chi connectivity index (χ0) is 19.6. The molecule has 2 aromatic carbocycles. The summed E-state index contributed by atoms with van der Waals surface area (Å²) in [7, 11) is -2.57. The fraction of sp³-hybridized carbons (Fsp3) is 0.0588. The van der Waals surface area contributed by atoms with E-state index < -0.39 is 27.4 Å². The highest BCUT2D eigenvalue weighted by molar-refractivity contribution is 7.93. The van der Waals surface area contributed by atoms with Gasteiger partial charge in [0.2, 0.25) is 0 Å². The van der Waals surface area contributed by atoms with Gasteiger partial charge in [0, 0.05) is 10.9 Å². The number of rotatable bonds is 6. The molecule has 0 aliphatic rings. The highest BCUT2D eigenvalue weighted by Crippen LogP contribution is 2.28. The molecule has 0 aliphatic heterocycles. The first-order chi connectivity index (χ1) is 12.8. The molecule has 0 unspecified atom stereocenters. The summed E-state index contributed by atoms with van der Waals surface area (Å²) < 4.78 is 45.7. The molecule has 0 saturated heterocycles.